The summed E-state index contributed by atoms with van der Waals surface area (Å²) >= 11 is 1.73. The summed E-state index contributed by atoms with van der Waals surface area (Å²) in [7, 11) is 1.80. The zero-order valence-electron chi connectivity index (χ0n) is 13.3. The molecule has 0 aromatic carbocycles. The summed E-state index contributed by atoms with van der Waals surface area (Å²) in [5.74, 6) is 0.534. The van der Waals surface area contributed by atoms with Crippen molar-refractivity contribution in [2.45, 2.75) is 32.1 Å². The molecule has 0 unspecified atom stereocenters. The van der Waals surface area contributed by atoms with Gasteiger partial charge in [-0.15, -0.1) is 11.3 Å². The third-order valence-electron chi connectivity index (χ3n) is 4.54. The van der Waals surface area contributed by atoms with Crippen LogP contribution in [0.15, 0.2) is 28.5 Å². The van der Waals surface area contributed by atoms with E-state index in [1.165, 1.54) is 11.3 Å². The summed E-state index contributed by atoms with van der Waals surface area (Å²) < 4.78 is 1.63. The number of hydrogen-bond acceptors (Lipinski definition) is 4. The van der Waals surface area contributed by atoms with Gasteiger partial charge in [0.15, 0.2) is 0 Å². The number of hydrogen-bond donors (Lipinski definition) is 0. The summed E-state index contributed by atoms with van der Waals surface area (Å²) in [4.78, 5) is 18.8. The van der Waals surface area contributed by atoms with E-state index in [4.69, 9.17) is 0 Å². The van der Waals surface area contributed by atoms with Crippen molar-refractivity contribution in [2.24, 2.45) is 7.05 Å². The van der Waals surface area contributed by atoms with Crippen molar-refractivity contribution < 1.29 is 0 Å². The Morgan fingerprint density at radius 1 is 1.36 bits per heavy atom. The number of rotatable bonds is 4. The fraction of sp³-hybridized carbons (Fsp3) is 0.529. The number of piperidine rings is 1. The lowest BCUT2D eigenvalue weighted by Gasteiger charge is -2.32. The van der Waals surface area contributed by atoms with Crippen LogP contribution in [0.4, 0.5) is 0 Å². The van der Waals surface area contributed by atoms with Crippen LogP contribution in [0.1, 0.15) is 35.0 Å². The van der Waals surface area contributed by atoms with Crippen LogP contribution in [0.5, 0.6) is 0 Å². The third kappa shape index (κ3) is 3.65. The molecule has 3 heterocycles. The molecule has 1 aliphatic heterocycles. The lowest BCUT2D eigenvalue weighted by Crippen LogP contribution is -2.34. The summed E-state index contributed by atoms with van der Waals surface area (Å²) in [5.41, 5.74) is 2.52. The first-order valence-corrected chi connectivity index (χ1v) is 8.80. The molecule has 0 N–H and O–H groups in total. The van der Waals surface area contributed by atoms with Gasteiger partial charge in [0.1, 0.15) is 0 Å². The number of pyridine rings is 1. The monoisotopic (exact) mass is 317 g/mol. The van der Waals surface area contributed by atoms with Crippen LogP contribution >= 0.6 is 11.3 Å². The van der Waals surface area contributed by atoms with Crippen molar-refractivity contribution in [2.75, 3.05) is 19.6 Å². The Hall–Kier alpha value is -1.46. The van der Waals surface area contributed by atoms with Crippen molar-refractivity contribution in [3.05, 3.63) is 50.3 Å². The highest BCUT2D eigenvalue weighted by atomic mass is 32.1. The second-order valence-electron chi connectivity index (χ2n) is 6.13. The predicted octanol–water partition coefficient (Wildman–Crippen LogP) is 2.57. The van der Waals surface area contributed by atoms with Crippen LogP contribution in [-0.2, 0) is 13.5 Å². The van der Waals surface area contributed by atoms with Crippen LogP contribution in [0.2, 0.25) is 0 Å². The summed E-state index contributed by atoms with van der Waals surface area (Å²) in [6.07, 6.45) is 5.21. The number of aromatic nitrogens is 2. The van der Waals surface area contributed by atoms with E-state index in [0.717, 1.165) is 43.9 Å². The molecule has 0 saturated carbocycles. The van der Waals surface area contributed by atoms with Crippen LogP contribution in [0, 0.1) is 6.92 Å². The van der Waals surface area contributed by atoms with Gasteiger partial charge in [0.2, 0.25) is 0 Å². The minimum Gasteiger partial charge on any atom is -0.319 e. The van der Waals surface area contributed by atoms with E-state index in [2.05, 4.69) is 28.3 Å². The molecular formula is C17H23N3OS. The Labute approximate surface area is 135 Å². The first-order valence-electron chi connectivity index (χ1n) is 7.92. The molecule has 0 bridgehead atoms. The smallest absolute Gasteiger partial charge is 0.250 e. The van der Waals surface area contributed by atoms with Crippen molar-refractivity contribution in [3.8, 4) is 0 Å². The Bertz CT molecular complexity index is 683. The third-order valence-corrected chi connectivity index (χ3v) is 5.36. The van der Waals surface area contributed by atoms with Gasteiger partial charge in [-0.2, -0.15) is 0 Å². The fourth-order valence-electron chi connectivity index (χ4n) is 3.10. The van der Waals surface area contributed by atoms with Crippen LogP contribution in [0.25, 0.3) is 0 Å². The Morgan fingerprint density at radius 2 is 2.14 bits per heavy atom. The van der Waals surface area contributed by atoms with Crippen molar-refractivity contribution in [1.82, 2.24) is 14.5 Å². The van der Waals surface area contributed by atoms with Crippen molar-refractivity contribution in [1.29, 1.82) is 0 Å². The maximum absolute atomic E-state index is 11.8. The number of likely N-dealkylation sites (tertiary alicyclic amines) is 1. The largest absolute Gasteiger partial charge is 0.319 e. The van der Waals surface area contributed by atoms with E-state index < -0.39 is 0 Å². The van der Waals surface area contributed by atoms with E-state index >= 15 is 0 Å². The Kier molecular flexibility index (Phi) is 4.74. The highest BCUT2D eigenvalue weighted by Crippen LogP contribution is 2.27. The van der Waals surface area contributed by atoms with Crippen molar-refractivity contribution >= 4 is 11.3 Å². The van der Waals surface area contributed by atoms with E-state index in [9.17, 15) is 4.79 Å². The van der Waals surface area contributed by atoms with Gasteiger partial charge in [-0.1, -0.05) is 0 Å². The zero-order valence-corrected chi connectivity index (χ0v) is 14.1. The summed E-state index contributed by atoms with van der Waals surface area (Å²) in [6, 6.07) is 3.90. The molecule has 1 aliphatic rings. The normalized spacial score (nSPS) is 17.0. The van der Waals surface area contributed by atoms with Gasteiger partial charge in [-0.3, -0.25) is 4.79 Å². The van der Waals surface area contributed by atoms with E-state index in [1.54, 1.807) is 29.0 Å². The maximum Gasteiger partial charge on any atom is 0.250 e. The molecule has 0 amide bonds. The van der Waals surface area contributed by atoms with Gasteiger partial charge in [0.25, 0.3) is 5.56 Å². The molecule has 22 heavy (non-hydrogen) atoms. The molecule has 0 aliphatic carbocycles. The quantitative estimate of drug-likeness (QED) is 0.870. The highest BCUT2D eigenvalue weighted by Gasteiger charge is 2.20. The Morgan fingerprint density at radius 3 is 2.77 bits per heavy atom. The SMILES string of the molecule is Cc1nc(CCN2CCC(c3ccn(C)c(=O)c3)CC2)cs1. The lowest BCUT2D eigenvalue weighted by atomic mass is 9.90. The van der Waals surface area contributed by atoms with Crippen LogP contribution < -0.4 is 5.56 Å². The average Bonchev–Trinajstić information content (AvgIpc) is 2.94. The summed E-state index contributed by atoms with van der Waals surface area (Å²) in [5, 5.41) is 3.32. The molecule has 5 heteroatoms. The van der Waals surface area contributed by atoms with Gasteiger partial charge in [0, 0.05) is 37.7 Å². The number of aryl methyl sites for hydroxylation is 2. The van der Waals surface area contributed by atoms with E-state index in [1.807, 2.05) is 6.20 Å². The molecule has 1 fully saturated rings. The topological polar surface area (TPSA) is 38.1 Å². The molecule has 118 valence electrons. The molecular weight excluding hydrogens is 294 g/mol. The minimum absolute atomic E-state index is 0.0961. The molecule has 1 saturated heterocycles. The first-order chi connectivity index (χ1) is 10.6. The maximum atomic E-state index is 11.8. The Balaban J connectivity index is 1.51. The van der Waals surface area contributed by atoms with E-state index in [0.29, 0.717) is 5.92 Å². The average molecular weight is 317 g/mol. The summed E-state index contributed by atoms with van der Waals surface area (Å²) in [6.45, 7) is 5.38. The van der Waals surface area contributed by atoms with Gasteiger partial charge < -0.3 is 9.47 Å². The van der Waals surface area contributed by atoms with Gasteiger partial charge >= 0.3 is 0 Å². The molecule has 3 rings (SSSR count). The lowest BCUT2D eigenvalue weighted by molar-refractivity contribution is 0.214. The minimum atomic E-state index is 0.0961. The molecule has 4 nitrogen and oxygen atoms in total. The first kappa shape index (κ1) is 15.4. The number of thiazole rings is 1. The highest BCUT2D eigenvalue weighted by molar-refractivity contribution is 7.09. The number of nitrogens with zero attached hydrogens (tertiary/aromatic N) is 3. The van der Waals surface area contributed by atoms with E-state index in [-0.39, 0.29) is 5.56 Å². The molecule has 2 aromatic heterocycles. The zero-order chi connectivity index (χ0) is 15.5. The second kappa shape index (κ2) is 6.75. The molecule has 0 atom stereocenters. The molecule has 0 spiro atoms. The second-order valence-corrected chi connectivity index (χ2v) is 7.20. The predicted molar refractivity (Wildman–Crippen MR) is 90.7 cm³/mol. The van der Waals surface area contributed by atoms with Crippen LogP contribution in [-0.4, -0.2) is 34.1 Å². The van der Waals surface area contributed by atoms with Crippen LogP contribution in [0.3, 0.4) is 0 Å². The van der Waals surface area contributed by atoms with Gasteiger partial charge in [-0.05, 0) is 50.4 Å². The molecule has 0 radical (unpaired) electrons. The fourth-order valence-corrected chi connectivity index (χ4v) is 3.75. The van der Waals surface area contributed by atoms with Crippen molar-refractivity contribution in [3.63, 3.8) is 0 Å². The standard InChI is InChI=1S/C17H23N3OS/c1-13-18-16(12-22-13)6-10-20-8-4-14(5-9-20)15-3-7-19(2)17(21)11-15/h3,7,11-12,14H,4-6,8-10H2,1-2H3. The van der Waals surface area contributed by atoms with Gasteiger partial charge in [-0.25, -0.2) is 4.98 Å². The molecule has 2 aromatic rings. The van der Waals surface area contributed by atoms with Gasteiger partial charge in [0.05, 0.1) is 10.7 Å².